The first kappa shape index (κ1) is 18.7. The van der Waals surface area contributed by atoms with Crippen LogP contribution in [0.5, 0.6) is 0 Å². The highest BCUT2D eigenvalue weighted by atomic mass is 32.1. The van der Waals surface area contributed by atoms with E-state index in [1.165, 1.54) is 12.5 Å². The van der Waals surface area contributed by atoms with Gasteiger partial charge in [-0.25, -0.2) is 0 Å². The third kappa shape index (κ3) is 4.57. The molecule has 0 saturated carbocycles. The zero-order valence-corrected chi connectivity index (χ0v) is 16.0. The van der Waals surface area contributed by atoms with Crippen molar-refractivity contribution in [2.24, 2.45) is 0 Å². The molecule has 0 spiro atoms. The topological polar surface area (TPSA) is 84.0 Å². The highest BCUT2D eigenvalue weighted by molar-refractivity contribution is 7.09. The molecule has 0 aliphatic carbocycles. The lowest BCUT2D eigenvalue weighted by Crippen LogP contribution is -2.23. The van der Waals surface area contributed by atoms with E-state index in [0.717, 1.165) is 23.5 Å². The van der Waals surface area contributed by atoms with E-state index in [0.29, 0.717) is 28.5 Å². The predicted octanol–water partition coefficient (Wildman–Crippen LogP) is 3.66. The molecule has 7 heteroatoms. The molecular weight excluding hydrogens is 360 g/mol. The molecule has 3 rings (SSSR count). The molecule has 0 atom stereocenters. The van der Waals surface area contributed by atoms with E-state index in [9.17, 15) is 9.59 Å². The molecule has 0 saturated heterocycles. The van der Waals surface area contributed by atoms with Gasteiger partial charge in [-0.05, 0) is 41.2 Å². The molecule has 2 heterocycles. The van der Waals surface area contributed by atoms with E-state index in [-0.39, 0.29) is 11.8 Å². The molecule has 2 N–H and O–H groups in total. The lowest BCUT2D eigenvalue weighted by Gasteiger charge is -2.08. The summed E-state index contributed by atoms with van der Waals surface area (Å²) in [5, 5.41) is 5.61. The summed E-state index contributed by atoms with van der Waals surface area (Å²) >= 11 is 1.05. The number of hydrogen-bond acceptors (Lipinski definition) is 5. The number of rotatable bonds is 6. The summed E-state index contributed by atoms with van der Waals surface area (Å²) in [4.78, 5) is 28.9. The maximum absolute atomic E-state index is 12.7. The predicted molar refractivity (Wildman–Crippen MR) is 107 cm³/mol. The molecule has 0 aliphatic heterocycles. The van der Waals surface area contributed by atoms with Gasteiger partial charge in [-0.3, -0.25) is 14.6 Å². The van der Waals surface area contributed by atoms with Gasteiger partial charge in [0.25, 0.3) is 5.91 Å². The molecule has 0 aliphatic rings. The van der Waals surface area contributed by atoms with E-state index in [4.69, 9.17) is 0 Å². The van der Waals surface area contributed by atoms with Gasteiger partial charge in [0.15, 0.2) is 0 Å². The van der Waals surface area contributed by atoms with Crippen LogP contribution in [-0.2, 0) is 17.8 Å². The number of nitrogens with one attached hydrogen (secondary N) is 2. The summed E-state index contributed by atoms with van der Waals surface area (Å²) in [6.07, 6.45) is 2.62. The van der Waals surface area contributed by atoms with Gasteiger partial charge in [-0.15, -0.1) is 0 Å². The second kappa shape index (κ2) is 8.55. The maximum atomic E-state index is 12.7. The fourth-order valence-electron chi connectivity index (χ4n) is 2.57. The molecule has 27 heavy (non-hydrogen) atoms. The van der Waals surface area contributed by atoms with E-state index in [1.807, 2.05) is 18.2 Å². The van der Waals surface area contributed by atoms with Crippen LogP contribution in [0.1, 0.15) is 34.6 Å². The minimum Gasteiger partial charge on any atom is -0.347 e. The molecule has 0 radical (unpaired) electrons. The average Bonchev–Trinajstić information content (AvgIpc) is 3.10. The van der Waals surface area contributed by atoms with E-state index >= 15 is 0 Å². The second-order valence-electron chi connectivity index (χ2n) is 5.98. The Balaban J connectivity index is 1.81. The number of aromatic nitrogens is 2. The summed E-state index contributed by atoms with van der Waals surface area (Å²) in [5.74, 6) is -0.547. The quantitative estimate of drug-likeness (QED) is 0.684. The van der Waals surface area contributed by atoms with Crippen molar-refractivity contribution in [2.75, 3.05) is 5.32 Å². The van der Waals surface area contributed by atoms with Gasteiger partial charge in [0.05, 0.1) is 11.4 Å². The van der Waals surface area contributed by atoms with Gasteiger partial charge in [0.2, 0.25) is 5.91 Å². The Morgan fingerprint density at radius 2 is 1.81 bits per heavy atom. The first-order valence-electron chi connectivity index (χ1n) is 8.63. The van der Waals surface area contributed by atoms with E-state index in [2.05, 4.69) is 39.0 Å². The van der Waals surface area contributed by atoms with Gasteiger partial charge in [-0.1, -0.05) is 37.3 Å². The second-order valence-corrected chi connectivity index (χ2v) is 6.76. The molecule has 6 nitrogen and oxygen atoms in total. The van der Waals surface area contributed by atoms with Crippen LogP contribution in [0.25, 0.3) is 11.4 Å². The largest absolute Gasteiger partial charge is 0.347 e. The lowest BCUT2D eigenvalue weighted by atomic mass is 10.1. The maximum Gasteiger partial charge on any atom is 0.265 e. The third-order valence-electron chi connectivity index (χ3n) is 3.99. The Labute approximate surface area is 161 Å². The number of pyridine rings is 1. The van der Waals surface area contributed by atoms with Gasteiger partial charge in [-0.2, -0.15) is 4.37 Å². The van der Waals surface area contributed by atoms with Crippen molar-refractivity contribution in [1.82, 2.24) is 14.7 Å². The van der Waals surface area contributed by atoms with Gasteiger partial charge in [0, 0.05) is 19.7 Å². The molecule has 1 aromatic carbocycles. The Morgan fingerprint density at radius 3 is 2.44 bits per heavy atom. The number of aryl methyl sites for hydroxylation is 1. The summed E-state index contributed by atoms with van der Waals surface area (Å²) in [6, 6.07) is 13.5. The zero-order chi connectivity index (χ0) is 19.2. The average molecular weight is 380 g/mol. The van der Waals surface area contributed by atoms with E-state index < -0.39 is 0 Å². The third-order valence-corrected chi connectivity index (χ3v) is 4.84. The first-order chi connectivity index (χ1) is 13.1. The molecule has 0 unspecified atom stereocenters. The Kier molecular flexibility index (Phi) is 5.93. The smallest absolute Gasteiger partial charge is 0.265 e. The Morgan fingerprint density at radius 1 is 1.07 bits per heavy atom. The summed E-state index contributed by atoms with van der Waals surface area (Å²) in [7, 11) is 0. The minimum atomic E-state index is -0.280. The fourth-order valence-corrected chi connectivity index (χ4v) is 3.33. The zero-order valence-electron chi connectivity index (χ0n) is 15.2. The number of hydrogen-bond donors (Lipinski definition) is 2. The van der Waals surface area contributed by atoms with Crippen molar-refractivity contribution >= 4 is 29.0 Å². The van der Waals surface area contributed by atoms with Crippen LogP contribution in [0, 0.1) is 0 Å². The monoisotopic (exact) mass is 380 g/mol. The molecule has 138 valence electrons. The van der Waals surface area contributed by atoms with Crippen LogP contribution in [0.3, 0.4) is 0 Å². The fraction of sp³-hybridized carbons (Fsp3) is 0.200. The SMILES string of the molecule is CCc1ccc(CNC(=O)c2snc(-c3ccccn3)c2NC(C)=O)cc1. The van der Waals surface area contributed by atoms with Crippen LogP contribution in [-0.4, -0.2) is 21.2 Å². The van der Waals surface area contributed by atoms with Crippen LogP contribution >= 0.6 is 11.5 Å². The van der Waals surface area contributed by atoms with E-state index in [1.54, 1.807) is 18.3 Å². The number of amides is 2. The van der Waals surface area contributed by atoms with Crippen molar-refractivity contribution < 1.29 is 9.59 Å². The van der Waals surface area contributed by atoms with Gasteiger partial charge < -0.3 is 10.6 Å². The van der Waals surface area contributed by atoms with Crippen molar-refractivity contribution in [3.05, 3.63) is 64.7 Å². The number of carbonyl (C=O) groups excluding carboxylic acids is 2. The van der Waals surface area contributed by atoms with Crippen LogP contribution in [0.4, 0.5) is 5.69 Å². The number of anilines is 1. The number of benzene rings is 1. The first-order valence-corrected chi connectivity index (χ1v) is 9.40. The highest BCUT2D eigenvalue weighted by Crippen LogP contribution is 2.32. The molecule has 2 amide bonds. The Bertz CT molecular complexity index is 936. The number of carbonyl (C=O) groups is 2. The Hall–Kier alpha value is -3.06. The molecular formula is C20H20N4O2S. The number of nitrogens with zero attached hydrogens (tertiary/aromatic N) is 2. The van der Waals surface area contributed by atoms with Crippen LogP contribution < -0.4 is 10.6 Å². The molecule has 0 bridgehead atoms. The highest BCUT2D eigenvalue weighted by Gasteiger charge is 2.22. The van der Waals surface area contributed by atoms with Crippen LogP contribution in [0.15, 0.2) is 48.7 Å². The van der Waals surface area contributed by atoms with Gasteiger partial charge in [0.1, 0.15) is 10.6 Å². The molecule has 0 fully saturated rings. The minimum absolute atomic E-state index is 0.267. The molecule has 3 aromatic rings. The normalized spacial score (nSPS) is 10.4. The summed E-state index contributed by atoms with van der Waals surface area (Å²) in [5.41, 5.74) is 3.75. The van der Waals surface area contributed by atoms with Crippen molar-refractivity contribution in [2.45, 2.75) is 26.8 Å². The van der Waals surface area contributed by atoms with Gasteiger partial charge >= 0.3 is 0 Å². The van der Waals surface area contributed by atoms with Crippen LogP contribution in [0.2, 0.25) is 0 Å². The van der Waals surface area contributed by atoms with Crippen molar-refractivity contribution in [1.29, 1.82) is 0 Å². The van der Waals surface area contributed by atoms with Crippen molar-refractivity contribution in [3.63, 3.8) is 0 Å². The van der Waals surface area contributed by atoms with Crippen molar-refractivity contribution in [3.8, 4) is 11.4 Å². The summed E-state index contributed by atoms with van der Waals surface area (Å²) < 4.78 is 4.34. The summed E-state index contributed by atoms with van der Waals surface area (Å²) in [6.45, 7) is 3.90. The lowest BCUT2D eigenvalue weighted by molar-refractivity contribution is -0.114. The molecule has 2 aromatic heterocycles. The standard InChI is InChI=1S/C20H20N4O2S/c1-3-14-7-9-15(10-8-14)12-22-20(26)19-18(23-13(2)25)17(24-27-19)16-6-4-5-11-21-16/h4-11H,3,12H2,1-2H3,(H,22,26)(H,23,25).